The molecule has 6 nitrogen and oxygen atoms in total. The second kappa shape index (κ2) is 9.68. The molecule has 0 saturated carbocycles. The van der Waals surface area contributed by atoms with E-state index >= 15 is 0 Å². The van der Waals surface area contributed by atoms with Crippen LogP contribution < -0.4 is 14.8 Å². The van der Waals surface area contributed by atoms with Crippen molar-refractivity contribution >= 4 is 23.5 Å². The third kappa shape index (κ3) is 5.67. The van der Waals surface area contributed by atoms with Crippen molar-refractivity contribution in [2.45, 2.75) is 6.42 Å². The van der Waals surface area contributed by atoms with Crippen molar-refractivity contribution in [3.63, 3.8) is 0 Å². The highest BCUT2D eigenvalue weighted by molar-refractivity contribution is 6.30. The van der Waals surface area contributed by atoms with Crippen LogP contribution in [0.25, 0.3) is 0 Å². The standard InChI is InChI=1S/C19H20ClNO5/c1-24-15-7-8-16(17(11-15)25-2)19(23)26-12-18(22)21-10-9-13-3-5-14(20)6-4-13/h3-8,11H,9-10,12H2,1-2H3,(H,21,22). The van der Waals surface area contributed by atoms with E-state index in [2.05, 4.69) is 5.32 Å². The van der Waals surface area contributed by atoms with Crippen LogP contribution in [0.4, 0.5) is 0 Å². The van der Waals surface area contributed by atoms with Crippen molar-refractivity contribution in [3.8, 4) is 11.5 Å². The fraction of sp³-hybridized carbons (Fsp3) is 0.263. The van der Waals surface area contributed by atoms with E-state index in [0.29, 0.717) is 29.5 Å². The molecule has 0 aromatic heterocycles. The van der Waals surface area contributed by atoms with Crippen molar-refractivity contribution in [2.24, 2.45) is 0 Å². The average molecular weight is 378 g/mol. The molecule has 2 rings (SSSR count). The summed E-state index contributed by atoms with van der Waals surface area (Å²) < 4.78 is 15.3. The van der Waals surface area contributed by atoms with Crippen LogP contribution in [0.2, 0.25) is 5.02 Å². The van der Waals surface area contributed by atoms with E-state index in [-0.39, 0.29) is 18.1 Å². The largest absolute Gasteiger partial charge is 0.497 e. The number of methoxy groups -OCH3 is 2. The smallest absolute Gasteiger partial charge is 0.342 e. The van der Waals surface area contributed by atoms with Gasteiger partial charge in [0.1, 0.15) is 17.1 Å². The summed E-state index contributed by atoms with van der Waals surface area (Å²) in [5.41, 5.74) is 1.27. The maximum atomic E-state index is 12.1. The van der Waals surface area contributed by atoms with Gasteiger partial charge in [0.05, 0.1) is 14.2 Å². The molecule has 0 fully saturated rings. The van der Waals surface area contributed by atoms with Gasteiger partial charge in [-0.15, -0.1) is 0 Å². The summed E-state index contributed by atoms with van der Waals surface area (Å²) in [7, 11) is 2.95. The van der Waals surface area contributed by atoms with Gasteiger partial charge >= 0.3 is 5.97 Å². The molecule has 0 aliphatic rings. The summed E-state index contributed by atoms with van der Waals surface area (Å²) in [4.78, 5) is 23.9. The van der Waals surface area contributed by atoms with E-state index < -0.39 is 5.97 Å². The number of ether oxygens (including phenoxy) is 3. The van der Waals surface area contributed by atoms with Crippen molar-refractivity contribution < 1.29 is 23.8 Å². The van der Waals surface area contributed by atoms with Crippen LogP contribution in [0.1, 0.15) is 15.9 Å². The maximum absolute atomic E-state index is 12.1. The SMILES string of the molecule is COc1ccc(C(=O)OCC(=O)NCCc2ccc(Cl)cc2)c(OC)c1. The molecule has 2 aromatic rings. The number of benzene rings is 2. The molecule has 0 radical (unpaired) electrons. The number of amides is 1. The van der Waals surface area contributed by atoms with E-state index in [1.165, 1.54) is 20.3 Å². The number of halogens is 1. The number of nitrogens with one attached hydrogen (secondary N) is 1. The highest BCUT2D eigenvalue weighted by Gasteiger charge is 2.16. The van der Waals surface area contributed by atoms with Gasteiger partial charge in [0.25, 0.3) is 5.91 Å². The Morgan fingerprint density at radius 1 is 1.04 bits per heavy atom. The van der Waals surface area contributed by atoms with Gasteiger partial charge in [0, 0.05) is 17.6 Å². The molecule has 1 amide bonds. The Kier molecular flexibility index (Phi) is 7.29. The highest BCUT2D eigenvalue weighted by atomic mass is 35.5. The summed E-state index contributed by atoms with van der Waals surface area (Å²) in [6.07, 6.45) is 0.656. The van der Waals surface area contributed by atoms with Crippen molar-refractivity contribution in [2.75, 3.05) is 27.4 Å². The van der Waals surface area contributed by atoms with Crippen LogP contribution in [0.5, 0.6) is 11.5 Å². The monoisotopic (exact) mass is 377 g/mol. The molecule has 0 unspecified atom stereocenters. The predicted molar refractivity (Wildman–Crippen MR) is 98.0 cm³/mol. The molecule has 0 aliphatic carbocycles. The normalized spacial score (nSPS) is 10.1. The Hall–Kier alpha value is -2.73. The minimum atomic E-state index is -0.641. The summed E-state index contributed by atoms with van der Waals surface area (Å²) in [5.74, 6) is -0.145. The van der Waals surface area contributed by atoms with E-state index in [9.17, 15) is 9.59 Å². The minimum absolute atomic E-state index is 0.224. The van der Waals surface area contributed by atoms with Gasteiger partial charge in [-0.3, -0.25) is 4.79 Å². The Morgan fingerprint density at radius 3 is 2.42 bits per heavy atom. The van der Waals surface area contributed by atoms with Crippen molar-refractivity contribution in [1.29, 1.82) is 0 Å². The summed E-state index contributed by atoms with van der Waals surface area (Å²) in [6, 6.07) is 12.1. The average Bonchev–Trinajstić information content (AvgIpc) is 2.67. The van der Waals surface area contributed by atoms with Gasteiger partial charge in [-0.2, -0.15) is 0 Å². The van der Waals surface area contributed by atoms with Gasteiger partial charge < -0.3 is 19.5 Å². The zero-order valence-corrected chi connectivity index (χ0v) is 15.3. The van der Waals surface area contributed by atoms with E-state index in [1.54, 1.807) is 24.3 Å². The first-order valence-electron chi connectivity index (χ1n) is 7.93. The fourth-order valence-corrected chi connectivity index (χ4v) is 2.35. The number of hydrogen-bond donors (Lipinski definition) is 1. The van der Waals surface area contributed by atoms with Gasteiger partial charge in [-0.25, -0.2) is 4.79 Å². The van der Waals surface area contributed by atoms with Crippen LogP contribution >= 0.6 is 11.6 Å². The Morgan fingerprint density at radius 2 is 1.77 bits per heavy atom. The second-order valence-corrected chi connectivity index (χ2v) is 5.81. The molecular weight excluding hydrogens is 358 g/mol. The van der Waals surface area contributed by atoms with Crippen LogP contribution in [-0.4, -0.2) is 39.2 Å². The third-order valence-corrected chi connectivity index (χ3v) is 3.86. The van der Waals surface area contributed by atoms with Crippen LogP contribution in [-0.2, 0) is 16.0 Å². The minimum Gasteiger partial charge on any atom is -0.497 e. The van der Waals surface area contributed by atoms with Gasteiger partial charge in [-0.05, 0) is 36.2 Å². The Bertz CT molecular complexity index is 761. The topological polar surface area (TPSA) is 73.9 Å². The van der Waals surface area contributed by atoms with E-state index in [4.69, 9.17) is 25.8 Å². The first-order chi connectivity index (χ1) is 12.5. The van der Waals surface area contributed by atoms with Gasteiger partial charge in [0.15, 0.2) is 6.61 Å². The zero-order valence-electron chi connectivity index (χ0n) is 14.6. The second-order valence-electron chi connectivity index (χ2n) is 5.37. The first kappa shape index (κ1) is 19.6. The zero-order chi connectivity index (χ0) is 18.9. The van der Waals surface area contributed by atoms with Crippen molar-refractivity contribution in [1.82, 2.24) is 5.32 Å². The molecule has 0 aliphatic heterocycles. The number of hydrogen-bond acceptors (Lipinski definition) is 5. The number of esters is 1. The van der Waals surface area contributed by atoms with Crippen LogP contribution in [0, 0.1) is 0 Å². The fourth-order valence-electron chi connectivity index (χ4n) is 2.22. The predicted octanol–water partition coefficient (Wildman–Crippen LogP) is 2.87. The Balaban J connectivity index is 1.79. The molecule has 1 N–H and O–H groups in total. The molecule has 2 aromatic carbocycles. The van der Waals surface area contributed by atoms with Crippen molar-refractivity contribution in [3.05, 3.63) is 58.6 Å². The van der Waals surface area contributed by atoms with E-state index in [1.807, 2.05) is 12.1 Å². The van der Waals surface area contributed by atoms with Gasteiger partial charge in [-0.1, -0.05) is 23.7 Å². The van der Waals surface area contributed by atoms with Crippen LogP contribution in [0.3, 0.4) is 0 Å². The van der Waals surface area contributed by atoms with Gasteiger partial charge in [0.2, 0.25) is 0 Å². The highest BCUT2D eigenvalue weighted by Crippen LogP contribution is 2.25. The Labute approximate surface area is 157 Å². The molecule has 0 heterocycles. The maximum Gasteiger partial charge on any atom is 0.342 e. The molecule has 0 saturated heterocycles. The summed E-state index contributed by atoms with van der Waals surface area (Å²) in [6.45, 7) is 0.0680. The quantitative estimate of drug-likeness (QED) is 0.716. The molecular formula is C19H20ClNO5. The third-order valence-electron chi connectivity index (χ3n) is 3.61. The van der Waals surface area contributed by atoms with E-state index in [0.717, 1.165) is 5.56 Å². The first-order valence-corrected chi connectivity index (χ1v) is 8.31. The lowest BCUT2D eigenvalue weighted by Crippen LogP contribution is -2.30. The number of carbonyl (C=O) groups excluding carboxylic acids is 2. The summed E-state index contributed by atoms with van der Waals surface area (Å²) in [5, 5.41) is 3.36. The lowest BCUT2D eigenvalue weighted by atomic mass is 10.1. The lowest BCUT2D eigenvalue weighted by Gasteiger charge is -2.10. The molecule has 0 atom stereocenters. The number of rotatable bonds is 8. The molecule has 7 heteroatoms. The molecule has 26 heavy (non-hydrogen) atoms. The summed E-state index contributed by atoms with van der Waals surface area (Å²) >= 11 is 5.82. The van der Waals surface area contributed by atoms with Crippen LogP contribution in [0.15, 0.2) is 42.5 Å². The molecule has 0 spiro atoms. The molecule has 0 bridgehead atoms. The number of carbonyl (C=O) groups is 2. The lowest BCUT2D eigenvalue weighted by molar-refractivity contribution is -0.124. The molecule has 138 valence electrons.